The Labute approximate surface area is 191 Å². The van der Waals surface area contributed by atoms with Crippen molar-refractivity contribution in [2.24, 2.45) is 28.1 Å². The van der Waals surface area contributed by atoms with Crippen molar-refractivity contribution < 1.29 is 34.2 Å². The zero-order chi connectivity index (χ0) is 25.7. The van der Waals surface area contributed by atoms with E-state index in [4.69, 9.17) is 27.4 Å². The summed E-state index contributed by atoms with van der Waals surface area (Å²) in [6, 6.07) is -4.94. The Hall–Kier alpha value is -3.42. The molecule has 0 saturated carbocycles. The quantitative estimate of drug-likeness (QED) is 0.0701. The second-order valence-electron chi connectivity index (χ2n) is 7.65. The van der Waals surface area contributed by atoms with Crippen LogP contribution in [0.2, 0.25) is 0 Å². The normalized spacial score (nSPS) is 15.2. The second-order valence-corrected chi connectivity index (χ2v) is 7.65. The van der Waals surface area contributed by atoms with Gasteiger partial charge in [-0.3, -0.25) is 29.0 Å². The zero-order valence-corrected chi connectivity index (χ0v) is 19.0. The summed E-state index contributed by atoms with van der Waals surface area (Å²) in [4.78, 5) is 63.7. The van der Waals surface area contributed by atoms with E-state index in [-0.39, 0.29) is 31.3 Å². The first-order valence-corrected chi connectivity index (χ1v) is 10.5. The number of guanidine groups is 1. The number of nitrogens with zero attached hydrogens (tertiary/aromatic N) is 1. The first-order chi connectivity index (χ1) is 15.3. The maximum atomic E-state index is 12.8. The van der Waals surface area contributed by atoms with Gasteiger partial charge in [-0.15, -0.1) is 0 Å². The van der Waals surface area contributed by atoms with E-state index in [9.17, 15) is 24.0 Å². The highest BCUT2D eigenvalue weighted by atomic mass is 16.4. The molecular formula is C19H35N7O7. The van der Waals surface area contributed by atoms with Gasteiger partial charge >= 0.3 is 11.9 Å². The van der Waals surface area contributed by atoms with Crippen LogP contribution >= 0.6 is 0 Å². The fourth-order valence-electron chi connectivity index (χ4n) is 2.58. The highest BCUT2D eigenvalue weighted by Gasteiger charge is 2.31. The molecule has 0 aromatic carbocycles. The van der Waals surface area contributed by atoms with Gasteiger partial charge in [0, 0.05) is 6.54 Å². The average molecular weight is 474 g/mol. The van der Waals surface area contributed by atoms with Gasteiger partial charge in [0.15, 0.2) is 5.96 Å². The molecule has 0 saturated heterocycles. The third kappa shape index (κ3) is 11.7. The largest absolute Gasteiger partial charge is 0.481 e. The van der Waals surface area contributed by atoms with Gasteiger partial charge in [0.05, 0.1) is 12.5 Å². The molecule has 0 radical (unpaired) electrons. The molecule has 11 N–H and O–H groups in total. The summed E-state index contributed by atoms with van der Waals surface area (Å²) in [6.07, 6.45) is 0.0935. The van der Waals surface area contributed by atoms with E-state index >= 15 is 0 Å². The average Bonchev–Trinajstić information content (AvgIpc) is 2.73. The van der Waals surface area contributed by atoms with Gasteiger partial charge in [0.1, 0.15) is 18.1 Å². The van der Waals surface area contributed by atoms with E-state index in [1.54, 1.807) is 6.92 Å². The molecule has 0 fully saturated rings. The van der Waals surface area contributed by atoms with Crippen LogP contribution in [0.5, 0.6) is 0 Å². The fraction of sp³-hybridized carbons (Fsp3) is 0.684. The van der Waals surface area contributed by atoms with Gasteiger partial charge in [-0.1, -0.05) is 20.3 Å². The van der Waals surface area contributed by atoms with Crippen molar-refractivity contribution in [1.29, 1.82) is 0 Å². The summed E-state index contributed by atoms with van der Waals surface area (Å²) >= 11 is 0. The van der Waals surface area contributed by atoms with Crippen molar-refractivity contribution in [2.45, 2.75) is 70.6 Å². The first-order valence-electron chi connectivity index (χ1n) is 10.5. The van der Waals surface area contributed by atoms with E-state index in [0.717, 1.165) is 0 Å². The molecule has 0 aromatic heterocycles. The molecule has 188 valence electrons. The number of aliphatic carboxylic acids is 2. The van der Waals surface area contributed by atoms with Gasteiger partial charge in [-0.05, 0) is 25.7 Å². The Bertz CT molecular complexity index is 740. The standard InChI is InChI=1S/C19H35N7O7/c1-4-9(2)14(20)17(31)26-12(8-13(27)28)16(30)25-11(6-5-7-23-19(21)22)15(29)24-10(3)18(32)33/h9-12,14H,4-8,20H2,1-3H3,(H,24,29)(H,25,30)(H,26,31)(H,27,28)(H,32,33)(H4,21,22,23). The maximum absolute atomic E-state index is 12.8. The van der Waals surface area contributed by atoms with Crippen molar-refractivity contribution in [1.82, 2.24) is 16.0 Å². The number of nitrogens with one attached hydrogen (secondary N) is 3. The third-order valence-corrected chi connectivity index (χ3v) is 4.88. The zero-order valence-electron chi connectivity index (χ0n) is 19.0. The molecule has 0 bridgehead atoms. The minimum atomic E-state index is -1.50. The van der Waals surface area contributed by atoms with Crippen LogP contribution in [0.15, 0.2) is 4.99 Å². The fourth-order valence-corrected chi connectivity index (χ4v) is 2.58. The Morgan fingerprint density at radius 1 is 0.909 bits per heavy atom. The number of carbonyl (C=O) groups is 5. The highest BCUT2D eigenvalue weighted by Crippen LogP contribution is 2.07. The van der Waals surface area contributed by atoms with Gasteiger partial charge in [-0.25, -0.2) is 0 Å². The van der Waals surface area contributed by atoms with Crippen LogP contribution in [0.3, 0.4) is 0 Å². The van der Waals surface area contributed by atoms with Crippen LogP contribution in [-0.4, -0.2) is 76.5 Å². The lowest BCUT2D eigenvalue weighted by Crippen LogP contribution is -2.57. The van der Waals surface area contributed by atoms with Crippen molar-refractivity contribution in [3.05, 3.63) is 0 Å². The lowest BCUT2D eigenvalue weighted by molar-refractivity contribution is -0.143. The number of rotatable bonds is 15. The number of hydrogen-bond acceptors (Lipinski definition) is 7. The van der Waals surface area contributed by atoms with Crippen molar-refractivity contribution in [3.8, 4) is 0 Å². The van der Waals surface area contributed by atoms with E-state index in [1.807, 2.05) is 6.92 Å². The van der Waals surface area contributed by atoms with Gasteiger partial charge < -0.3 is 43.4 Å². The minimum absolute atomic E-state index is 0.0147. The molecule has 14 heteroatoms. The number of nitrogens with two attached hydrogens (primary N) is 3. The molecule has 33 heavy (non-hydrogen) atoms. The number of hydrogen-bond donors (Lipinski definition) is 8. The van der Waals surface area contributed by atoms with Crippen molar-refractivity contribution >= 4 is 35.6 Å². The predicted molar refractivity (Wildman–Crippen MR) is 119 cm³/mol. The highest BCUT2D eigenvalue weighted by molar-refractivity contribution is 5.95. The SMILES string of the molecule is CCC(C)C(N)C(=O)NC(CC(=O)O)C(=O)NC(CCCN=C(N)N)C(=O)NC(C)C(=O)O. The topological polar surface area (TPSA) is 252 Å². The molecular weight excluding hydrogens is 438 g/mol. The van der Waals surface area contributed by atoms with Gasteiger partial charge in [-0.2, -0.15) is 0 Å². The summed E-state index contributed by atoms with van der Waals surface area (Å²) in [6.45, 7) is 4.93. The maximum Gasteiger partial charge on any atom is 0.325 e. The Morgan fingerprint density at radius 3 is 1.94 bits per heavy atom. The Kier molecular flexibility index (Phi) is 13.1. The minimum Gasteiger partial charge on any atom is -0.481 e. The Morgan fingerprint density at radius 2 is 1.45 bits per heavy atom. The van der Waals surface area contributed by atoms with E-state index < -0.39 is 60.2 Å². The predicted octanol–water partition coefficient (Wildman–Crippen LogP) is -2.55. The molecule has 0 aliphatic carbocycles. The summed E-state index contributed by atoms with van der Waals surface area (Å²) in [7, 11) is 0. The first kappa shape index (κ1) is 29.6. The Balaban J connectivity index is 5.49. The van der Waals surface area contributed by atoms with E-state index in [2.05, 4.69) is 20.9 Å². The third-order valence-electron chi connectivity index (χ3n) is 4.88. The lowest BCUT2D eigenvalue weighted by Gasteiger charge is -2.25. The summed E-state index contributed by atoms with van der Waals surface area (Å²) < 4.78 is 0. The van der Waals surface area contributed by atoms with E-state index in [1.165, 1.54) is 6.92 Å². The molecule has 5 unspecified atom stereocenters. The van der Waals surface area contributed by atoms with Gasteiger partial charge in [0.2, 0.25) is 17.7 Å². The summed E-state index contributed by atoms with van der Waals surface area (Å²) in [5.74, 6) is -5.48. The molecule has 0 heterocycles. The molecule has 0 aliphatic rings. The molecule has 14 nitrogen and oxygen atoms in total. The van der Waals surface area contributed by atoms with Crippen LogP contribution in [0.25, 0.3) is 0 Å². The van der Waals surface area contributed by atoms with Crippen LogP contribution in [0.1, 0.15) is 46.5 Å². The molecule has 0 spiro atoms. The number of carboxylic acids is 2. The van der Waals surface area contributed by atoms with Crippen LogP contribution in [0.4, 0.5) is 0 Å². The smallest absolute Gasteiger partial charge is 0.325 e. The summed E-state index contributed by atoms with van der Waals surface area (Å²) in [5.41, 5.74) is 16.3. The number of carboxylic acid groups (broad SMARTS) is 2. The van der Waals surface area contributed by atoms with Crippen molar-refractivity contribution in [2.75, 3.05) is 6.54 Å². The molecule has 0 aliphatic heterocycles. The van der Waals surface area contributed by atoms with Crippen LogP contribution in [-0.2, 0) is 24.0 Å². The van der Waals surface area contributed by atoms with Crippen molar-refractivity contribution in [3.63, 3.8) is 0 Å². The monoisotopic (exact) mass is 473 g/mol. The van der Waals surface area contributed by atoms with Crippen LogP contribution < -0.4 is 33.2 Å². The summed E-state index contributed by atoms with van der Waals surface area (Å²) in [5, 5.41) is 25.1. The number of aliphatic imine (C=N–C) groups is 1. The molecule has 0 aromatic rings. The molecule has 5 atom stereocenters. The molecule has 3 amide bonds. The lowest BCUT2D eigenvalue weighted by atomic mass is 9.99. The molecule has 0 rings (SSSR count). The van der Waals surface area contributed by atoms with Crippen LogP contribution in [0, 0.1) is 5.92 Å². The number of amides is 3. The van der Waals surface area contributed by atoms with E-state index in [0.29, 0.717) is 6.42 Å². The number of carbonyl (C=O) groups excluding carboxylic acids is 3. The van der Waals surface area contributed by atoms with Gasteiger partial charge in [0.25, 0.3) is 0 Å². The second kappa shape index (κ2) is 14.6.